The molecule has 1 aliphatic rings. The van der Waals surface area contributed by atoms with E-state index in [9.17, 15) is 9.59 Å². The molecule has 0 saturated carbocycles. The minimum absolute atomic E-state index is 0.00946. The number of benzene rings is 2. The van der Waals surface area contributed by atoms with Crippen LogP contribution in [0.5, 0.6) is 0 Å². The van der Waals surface area contributed by atoms with Gasteiger partial charge in [-0.1, -0.05) is 33.6 Å². The van der Waals surface area contributed by atoms with Crippen LogP contribution in [-0.4, -0.2) is 21.5 Å². The van der Waals surface area contributed by atoms with E-state index >= 15 is 0 Å². The molecule has 1 aliphatic heterocycles. The van der Waals surface area contributed by atoms with E-state index in [-0.39, 0.29) is 10.7 Å². The Hall–Kier alpha value is -2.74. The number of nitrogens with one attached hydrogen (secondary N) is 1. The molecule has 2 aromatic carbocycles. The average Bonchev–Trinajstić information content (AvgIpc) is 3.03. The summed E-state index contributed by atoms with van der Waals surface area (Å²) in [6, 6.07) is 13.3. The van der Waals surface area contributed by atoms with Gasteiger partial charge in [0.15, 0.2) is 5.11 Å². The lowest BCUT2D eigenvalue weighted by molar-refractivity contribution is -0.122. The van der Waals surface area contributed by atoms with E-state index in [1.165, 1.54) is 4.90 Å². The lowest BCUT2D eigenvalue weighted by Crippen LogP contribution is -2.54. The molecule has 2 amide bonds. The van der Waals surface area contributed by atoms with Gasteiger partial charge in [0.25, 0.3) is 11.8 Å². The van der Waals surface area contributed by atoms with Crippen molar-refractivity contribution in [2.24, 2.45) is 0 Å². The maximum atomic E-state index is 13.4. The van der Waals surface area contributed by atoms with Crippen molar-refractivity contribution >= 4 is 68.4 Å². The van der Waals surface area contributed by atoms with E-state index in [1.54, 1.807) is 31.2 Å². The largest absolute Gasteiger partial charge is 0.318 e. The van der Waals surface area contributed by atoms with Gasteiger partial charge in [0.05, 0.1) is 5.69 Å². The molecule has 0 aliphatic carbocycles. The van der Waals surface area contributed by atoms with Crippen LogP contribution < -0.4 is 10.2 Å². The maximum absolute atomic E-state index is 13.4. The standard InChI is InChI=1S/C25H21BrClN3O2S/c1-13-10-18(8-9-20(13)26)29-14(2)11-17(16(29)4)12-19-23(31)28-25(33)30(24(19)32)22-7-5-6-21(27)15(22)3/h5-12H,1-4H3,(H,28,31,33)/b19-12+. The van der Waals surface area contributed by atoms with Crippen LogP contribution in [0, 0.1) is 27.7 Å². The Labute approximate surface area is 211 Å². The number of thiocarbonyl (C=S) groups is 1. The number of halogens is 2. The zero-order valence-corrected chi connectivity index (χ0v) is 21.7. The van der Waals surface area contributed by atoms with Gasteiger partial charge in [-0.2, -0.15) is 0 Å². The predicted molar refractivity (Wildman–Crippen MR) is 140 cm³/mol. The molecule has 8 heteroatoms. The van der Waals surface area contributed by atoms with Gasteiger partial charge in [-0.05, 0) is 99.1 Å². The summed E-state index contributed by atoms with van der Waals surface area (Å²) in [5.41, 5.74) is 6.06. The highest BCUT2D eigenvalue weighted by molar-refractivity contribution is 9.10. The molecule has 3 aromatic rings. The molecule has 1 N–H and O–H groups in total. The highest BCUT2D eigenvalue weighted by atomic mass is 79.9. The molecule has 0 atom stereocenters. The van der Waals surface area contributed by atoms with E-state index in [0.717, 1.165) is 32.7 Å². The van der Waals surface area contributed by atoms with Gasteiger partial charge in [0.2, 0.25) is 0 Å². The van der Waals surface area contributed by atoms with E-state index in [2.05, 4.69) is 31.9 Å². The summed E-state index contributed by atoms with van der Waals surface area (Å²) in [5.74, 6) is -1.01. The third kappa shape index (κ3) is 4.16. The van der Waals surface area contributed by atoms with Gasteiger partial charge in [-0.15, -0.1) is 0 Å². The third-order valence-electron chi connectivity index (χ3n) is 5.75. The fraction of sp³-hybridized carbons (Fsp3) is 0.160. The van der Waals surface area contributed by atoms with Crippen LogP contribution in [-0.2, 0) is 9.59 Å². The van der Waals surface area contributed by atoms with E-state index in [0.29, 0.717) is 16.3 Å². The number of anilines is 1. The van der Waals surface area contributed by atoms with Crippen LogP contribution in [0.1, 0.15) is 28.1 Å². The molecular weight excluding hydrogens is 522 g/mol. The quantitative estimate of drug-likeness (QED) is 0.252. The first-order chi connectivity index (χ1) is 15.6. The van der Waals surface area contributed by atoms with Gasteiger partial charge in [-0.3, -0.25) is 19.8 Å². The minimum Gasteiger partial charge on any atom is -0.318 e. The van der Waals surface area contributed by atoms with Crippen molar-refractivity contribution in [1.29, 1.82) is 0 Å². The number of rotatable bonds is 3. The van der Waals surface area contributed by atoms with Crippen molar-refractivity contribution in [1.82, 2.24) is 9.88 Å². The molecule has 1 fully saturated rings. The Morgan fingerprint density at radius 1 is 1.06 bits per heavy atom. The summed E-state index contributed by atoms with van der Waals surface area (Å²) >= 11 is 15.1. The number of hydrogen-bond donors (Lipinski definition) is 1. The summed E-state index contributed by atoms with van der Waals surface area (Å²) in [7, 11) is 0. The van der Waals surface area contributed by atoms with Gasteiger partial charge in [0, 0.05) is 26.6 Å². The first kappa shape index (κ1) is 23.4. The number of amides is 2. The van der Waals surface area contributed by atoms with Crippen molar-refractivity contribution in [3.63, 3.8) is 0 Å². The number of carbonyl (C=O) groups excluding carboxylic acids is 2. The van der Waals surface area contributed by atoms with Gasteiger partial charge < -0.3 is 4.57 Å². The molecule has 1 aromatic heterocycles. The fourth-order valence-corrected chi connectivity index (χ4v) is 4.66. The topological polar surface area (TPSA) is 54.3 Å². The van der Waals surface area contributed by atoms with Crippen LogP contribution in [0.3, 0.4) is 0 Å². The van der Waals surface area contributed by atoms with Crippen molar-refractivity contribution in [2.45, 2.75) is 27.7 Å². The van der Waals surface area contributed by atoms with Gasteiger partial charge in [-0.25, -0.2) is 0 Å². The Morgan fingerprint density at radius 2 is 1.79 bits per heavy atom. The molecular formula is C25H21BrClN3O2S. The summed E-state index contributed by atoms with van der Waals surface area (Å²) in [5, 5.41) is 3.18. The van der Waals surface area contributed by atoms with Crippen molar-refractivity contribution in [2.75, 3.05) is 4.90 Å². The Morgan fingerprint density at radius 3 is 2.48 bits per heavy atom. The second kappa shape index (κ2) is 8.89. The normalized spacial score (nSPS) is 15.4. The fourth-order valence-electron chi connectivity index (χ4n) is 3.97. The minimum atomic E-state index is -0.523. The second-order valence-corrected chi connectivity index (χ2v) is 9.59. The second-order valence-electron chi connectivity index (χ2n) is 7.94. The summed E-state index contributed by atoms with van der Waals surface area (Å²) in [6.45, 7) is 7.80. The van der Waals surface area contributed by atoms with Crippen molar-refractivity contribution < 1.29 is 9.59 Å². The smallest absolute Gasteiger partial charge is 0.270 e. The summed E-state index contributed by atoms with van der Waals surface area (Å²) < 4.78 is 3.13. The first-order valence-electron chi connectivity index (χ1n) is 10.2. The maximum Gasteiger partial charge on any atom is 0.270 e. The highest BCUT2D eigenvalue weighted by Crippen LogP contribution is 2.31. The SMILES string of the molecule is Cc1cc(-n2c(C)cc(/C=C3\C(=O)NC(=S)N(c4cccc(Cl)c4C)C3=O)c2C)ccc1Br. The third-order valence-corrected chi connectivity index (χ3v) is 7.34. The lowest BCUT2D eigenvalue weighted by atomic mass is 10.1. The number of nitrogens with zero attached hydrogens (tertiary/aromatic N) is 2. The van der Waals surface area contributed by atoms with Crippen LogP contribution in [0.15, 0.2) is 52.5 Å². The van der Waals surface area contributed by atoms with E-state index in [1.807, 2.05) is 39.0 Å². The first-order valence-corrected chi connectivity index (χ1v) is 11.8. The molecule has 33 heavy (non-hydrogen) atoms. The van der Waals surface area contributed by atoms with E-state index in [4.69, 9.17) is 23.8 Å². The lowest BCUT2D eigenvalue weighted by Gasteiger charge is -2.30. The molecule has 1 saturated heterocycles. The number of aryl methyl sites for hydroxylation is 2. The predicted octanol–water partition coefficient (Wildman–Crippen LogP) is 5.96. The van der Waals surface area contributed by atoms with Crippen LogP contribution in [0.25, 0.3) is 11.8 Å². The van der Waals surface area contributed by atoms with Crippen LogP contribution in [0.4, 0.5) is 5.69 Å². The number of hydrogen-bond acceptors (Lipinski definition) is 3. The molecule has 0 bridgehead atoms. The van der Waals surface area contributed by atoms with Crippen LogP contribution in [0.2, 0.25) is 5.02 Å². The van der Waals surface area contributed by atoms with Gasteiger partial charge in [0.1, 0.15) is 5.57 Å². The Balaban J connectivity index is 1.79. The molecule has 0 spiro atoms. The average molecular weight is 543 g/mol. The number of aromatic nitrogens is 1. The zero-order chi connectivity index (χ0) is 24.0. The Bertz CT molecular complexity index is 1380. The van der Waals surface area contributed by atoms with Gasteiger partial charge >= 0.3 is 0 Å². The molecule has 4 rings (SSSR count). The monoisotopic (exact) mass is 541 g/mol. The molecule has 5 nitrogen and oxygen atoms in total. The zero-order valence-electron chi connectivity index (χ0n) is 18.5. The summed E-state index contributed by atoms with van der Waals surface area (Å²) in [4.78, 5) is 27.5. The van der Waals surface area contributed by atoms with Crippen molar-refractivity contribution in [3.8, 4) is 5.69 Å². The number of carbonyl (C=O) groups is 2. The Kier molecular flexibility index (Phi) is 6.31. The molecule has 0 radical (unpaired) electrons. The summed E-state index contributed by atoms with van der Waals surface area (Å²) in [6.07, 6.45) is 1.62. The molecule has 168 valence electrons. The van der Waals surface area contributed by atoms with E-state index < -0.39 is 11.8 Å². The molecule has 2 heterocycles. The van der Waals surface area contributed by atoms with Crippen molar-refractivity contribution in [3.05, 3.63) is 85.6 Å². The van der Waals surface area contributed by atoms with Crippen LogP contribution >= 0.6 is 39.7 Å². The highest BCUT2D eigenvalue weighted by Gasteiger charge is 2.35. The molecule has 0 unspecified atom stereocenters.